The third-order valence-electron chi connectivity index (χ3n) is 5.26. The highest BCUT2D eigenvalue weighted by molar-refractivity contribution is 7.80. The number of aliphatic carboxylic acids is 1. The number of hydrogen-bond donors (Lipinski definition) is 3. The van der Waals surface area contributed by atoms with Crippen molar-refractivity contribution in [2.24, 2.45) is 5.41 Å². The van der Waals surface area contributed by atoms with Crippen LogP contribution >= 0.6 is 22.9 Å². The molecule has 0 aliphatic carbocycles. The Labute approximate surface area is 191 Å². The Hall–Kier alpha value is -2.20. The van der Waals surface area contributed by atoms with Crippen molar-refractivity contribution in [1.82, 2.24) is 4.98 Å². The average Bonchev–Trinajstić information content (AvgIpc) is 3.08. The molecule has 0 spiro atoms. The highest BCUT2D eigenvalue weighted by atomic mass is 35.5. The molecule has 3 aromatic rings. The first-order chi connectivity index (χ1) is 14.6. The number of nitrogens with zero attached hydrogens (tertiary/aromatic N) is 2. The molecular formula is C21H22ClN3O4S2. The van der Waals surface area contributed by atoms with Crippen LogP contribution in [0.2, 0.25) is 5.02 Å². The van der Waals surface area contributed by atoms with E-state index in [1.54, 1.807) is 0 Å². The number of aromatic nitrogens is 1. The van der Waals surface area contributed by atoms with E-state index < -0.39 is 23.3 Å². The number of thiazole rings is 1. The topological polar surface area (TPSA) is 103 Å². The summed E-state index contributed by atoms with van der Waals surface area (Å²) in [6.07, 6.45) is 0.693. The summed E-state index contributed by atoms with van der Waals surface area (Å²) in [6, 6.07) is 9.56. The van der Waals surface area contributed by atoms with Crippen LogP contribution in [0.4, 0.5) is 11.4 Å². The fourth-order valence-corrected chi connectivity index (χ4v) is 5.81. The van der Waals surface area contributed by atoms with Gasteiger partial charge in [0, 0.05) is 18.0 Å². The number of carboxylic acid groups (broad SMARTS) is 1. The maximum atomic E-state index is 12.4. The van der Waals surface area contributed by atoms with Crippen molar-refractivity contribution in [3.05, 3.63) is 52.0 Å². The molecule has 3 N–H and O–H groups in total. The van der Waals surface area contributed by atoms with Gasteiger partial charge in [0.15, 0.2) is 0 Å². The normalized spacial score (nSPS) is 16.9. The van der Waals surface area contributed by atoms with Gasteiger partial charge < -0.3 is 10.4 Å². The molecule has 4 rings (SSSR count). The van der Waals surface area contributed by atoms with Crippen LogP contribution in [0.25, 0.3) is 10.2 Å². The van der Waals surface area contributed by atoms with Crippen molar-refractivity contribution < 1.29 is 18.7 Å². The van der Waals surface area contributed by atoms with Crippen LogP contribution in [-0.4, -0.2) is 37.4 Å². The number of anilines is 2. The molecule has 0 radical (unpaired) electrons. The van der Waals surface area contributed by atoms with Crippen LogP contribution in [0.1, 0.15) is 24.4 Å². The summed E-state index contributed by atoms with van der Waals surface area (Å²) in [7, 11) is 0. The monoisotopic (exact) mass is 479 g/mol. The first-order valence-corrected chi connectivity index (χ1v) is 11.9. The van der Waals surface area contributed by atoms with Gasteiger partial charge in [0.2, 0.25) is 0 Å². The lowest BCUT2D eigenvalue weighted by molar-refractivity contribution is -0.138. The third-order valence-corrected chi connectivity index (χ3v) is 7.32. The fourth-order valence-electron chi connectivity index (χ4n) is 3.87. The van der Waals surface area contributed by atoms with Crippen molar-refractivity contribution in [3.63, 3.8) is 0 Å². The molecule has 2 unspecified atom stereocenters. The Balaban J connectivity index is 1.77. The maximum absolute atomic E-state index is 12.4. The molecule has 164 valence electrons. The number of benzene rings is 2. The van der Waals surface area contributed by atoms with Crippen LogP contribution in [0, 0.1) is 5.41 Å². The maximum Gasteiger partial charge on any atom is 0.327 e. The van der Waals surface area contributed by atoms with Crippen molar-refractivity contribution in [2.45, 2.75) is 32.7 Å². The number of para-hydroxylation sites is 1. The Bertz CT molecular complexity index is 1150. The lowest BCUT2D eigenvalue weighted by atomic mass is 9.82. The predicted molar refractivity (Wildman–Crippen MR) is 125 cm³/mol. The third kappa shape index (κ3) is 4.55. The molecule has 0 amide bonds. The first-order valence-electron chi connectivity index (χ1n) is 9.68. The standard InChI is InChI=1S/C21H22ClN3O4S2/c1-21(2)10-12-7-13(22)8-15(19(12)23-11-21)25(31(28)29)16(20(26)27)9-18-24-14-5-3-4-6-17(14)30-18/h3-8,16,23H,9-11H2,1-2H3,(H,26,27)(H,28,29). The first kappa shape index (κ1) is 22.0. The smallest absolute Gasteiger partial charge is 0.327 e. The van der Waals surface area contributed by atoms with Gasteiger partial charge in [0.1, 0.15) is 6.04 Å². The van der Waals surface area contributed by atoms with E-state index in [9.17, 15) is 18.7 Å². The van der Waals surface area contributed by atoms with Crippen LogP contribution in [0.3, 0.4) is 0 Å². The van der Waals surface area contributed by atoms with Gasteiger partial charge in [-0.3, -0.25) is 8.86 Å². The van der Waals surface area contributed by atoms with Crippen molar-refractivity contribution >= 4 is 61.8 Å². The molecule has 2 heterocycles. The zero-order valence-electron chi connectivity index (χ0n) is 17.0. The van der Waals surface area contributed by atoms with E-state index in [1.165, 1.54) is 17.4 Å². The minimum atomic E-state index is -2.59. The summed E-state index contributed by atoms with van der Waals surface area (Å²) in [4.78, 5) is 16.7. The minimum absolute atomic E-state index is 0.0201. The summed E-state index contributed by atoms with van der Waals surface area (Å²) in [6.45, 7) is 4.87. The fraction of sp³-hybridized carbons (Fsp3) is 0.333. The van der Waals surface area contributed by atoms with E-state index in [4.69, 9.17) is 11.6 Å². The number of rotatable bonds is 6. The Morgan fingerprint density at radius 1 is 1.39 bits per heavy atom. The number of carbonyl (C=O) groups is 1. The van der Waals surface area contributed by atoms with Crippen molar-refractivity contribution in [3.8, 4) is 0 Å². The summed E-state index contributed by atoms with van der Waals surface area (Å²) < 4.78 is 24.5. The van der Waals surface area contributed by atoms with E-state index in [0.29, 0.717) is 34.4 Å². The van der Waals surface area contributed by atoms with Gasteiger partial charge in [0.25, 0.3) is 11.3 Å². The van der Waals surface area contributed by atoms with E-state index in [1.807, 2.05) is 30.3 Å². The number of hydrogen-bond acceptors (Lipinski definition) is 5. The van der Waals surface area contributed by atoms with Crippen LogP contribution < -0.4 is 9.62 Å². The highest BCUT2D eigenvalue weighted by Gasteiger charge is 2.36. The summed E-state index contributed by atoms with van der Waals surface area (Å²) in [5.74, 6) is -1.22. The van der Waals surface area contributed by atoms with Crippen LogP contribution in [0.15, 0.2) is 36.4 Å². The molecule has 0 bridgehead atoms. The Morgan fingerprint density at radius 3 is 2.81 bits per heavy atom. The lowest BCUT2D eigenvalue weighted by Crippen LogP contribution is -2.45. The summed E-state index contributed by atoms with van der Waals surface area (Å²) in [5, 5.41) is 14.3. The second kappa shape index (κ2) is 8.38. The zero-order chi connectivity index (χ0) is 22.3. The van der Waals surface area contributed by atoms with E-state index in [0.717, 1.165) is 20.1 Å². The molecular weight excluding hydrogens is 458 g/mol. The minimum Gasteiger partial charge on any atom is -0.480 e. The molecule has 7 nitrogen and oxygen atoms in total. The molecule has 10 heteroatoms. The molecule has 2 aromatic carbocycles. The van der Waals surface area contributed by atoms with Gasteiger partial charge in [-0.05, 0) is 41.7 Å². The van der Waals surface area contributed by atoms with Gasteiger partial charge in [-0.15, -0.1) is 11.3 Å². The van der Waals surface area contributed by atoms with E-state index >= 15 is 0 Å². The molecule has 1 aliphatic rings. The van der Waals surface area contributed by atoms with Crippen LogP contribution in [-0.2, 0) is 28.9 Å². The van der Waals surface area contributed by atoms with Gasteiger partial charge >= 0.3 is 5.97 Å². The molecule has 0 fully saturated rings. The number of fused-ring (bicyclic) bond motifs is 2. The number of nitrogens with one attached hydrogen (secondary N) is 1. The van der Waals surface area contributed by atoms with Gasteiger partial charge in [-0.2, -0.15) is 0 Å². The Kier molecular flexibility index (Phi) is 5.95. The van der Waals surface area contributed by atoms with Crippen LogP contribution in [0.5, 0.6) is 0 Å². The summed E-state index contributed by atoms with van der Waals surface area (Å²) in [5.41, 5.74) is 2.57. The highest BCUT2D eigenvalue weighted by Crippen LogP contribution is 2.42. The van der Waals surface area contributed by atoms with Gasteiger partial charge in [-0.1, -0.05) is 37.6 Å². The largest absolute Gasteiger partial charge is 0.480 e. The quantitative estimate of drug-likeness (QED) is 0.447. The molecule has 2 atom stereocenters. The Morgan fingerprint density at radius 2 is 2.13 bits per heavy atom. The summed E-state index contributed by atoms with van der Waals surface area (Å²) >= 11 is 5.11. The number of carboxylic acids is 1. The zero-order valence-corrected chi connectivity index (χ0v) is 19.4. The second-order valence-corrected chi connectivity index (χ2v) is 10.8. The molecule has 1 aromatic heterocycles. The lowest BCUT2D eigenvalue weighted by Gasteiger charge is -2.36. The van der Waals surface area contributed by atoms with Gasteiger partial charge in [-0.25, -0.2) is 14.0 Å². The predicted octanol–water partition coefficient (Wildman–Crippen LogP) is 4.58. The number of halogens is 1. The second-order valence-electron chi connectivity index (χ2n) is 8.34. The molecule has 31 heavy (non-hydrogen) atoms. The van der Waals surface area contributed by atoms with Crippen molar-refractivity contribution in [2.75, 3.05) is 16.2 Å². The molecule has 1 aliphatic heterocycles. The molecule has 0 saturated heterocycles. The molecule has 0 saturated carbocycles. The average molecular weight is 480 g/mol. The SMILES string of the molecule is CC1(C)CNc2c(cc(Cl)cc2N(C(Cc2nc3ccccc3s2)C(=O)O)S(=O)O)C1. The van der Waals surface area contributed by atoms with Gasteiger partial charge in [0.05, 0.1) is 26.6 Å². The van der Waals surface area contributed by atoms with Crippen molar-refractivity contribution in [1.29, 1.82) is 0 Å². The van der Waals surface area contributed by atoms with E-state index in [-0.39, 0.29) is 11.8 Å². The van der Waals surface area contributed by atoms with E-state index in [2.05, 4.69) is 24.1 Å².